The Balaban J connectivity index is 1.93. The van der Waals surface area contributed by atoms with Gasteiger partial charge in [0.15, 0.2) is 0 Å². The van der Waals surface area contributed by atoms with Crippen LogP contribution in [0.4, 0.5) is 0 Å². The average Bonchev–Trinajstić information content (AvgIpc) is 2.47. The number of nitrogens with zero attached hydrogens (tertiary/aromatic N) is 3. The number of carboxylic acids is 1. The molecule has 1 aromatic rings. The first-order chi connectivity index (χ1) is 7.58. The van der Waals surface area contributed by atoms with Gasteiger partial charge in [-0.15, -0.1) is 0 Å². The zero-order chi connectivity index (χ0) is 11.7. The van der Waals surface area contributed by atoms with Gasteiger partial charge in [-0.2, -0.15) is 5.10 Å². The molecule has 2 atom stereocenters. The number of aromatic nitrogens is 2. The molecule has 0 saturated heterocycles. The molecular formula is C11H17N3O2. The van der Waals surface area contributed by atoms with E-state index >= 15 is 0 Å². The summed E-state index contributed by atoms with van der Waals surface area (Å²) < 4.78 is 1.76. The Morgan fingerprint density at radius 3 is 2.88 bits per heavy atom. The van der Waals surface area contributed by atoms with Crippen molar-refractivity contribution in [2.24, 2.45) is 13.0 Å². The van der Waals surface area contributed by atoms with Crippen LogP contribution in [-0.2, 0) is 18.4 Å². The van der Waals surface area contributed by atoms with Crippen LogP contribution < -0.4 is 0 Å². The zero-order valence-electron chi connectivity index (χ0n) is 9.63. The van der Waals surface area contributed by atoms with Crippen LogP contribution in [0.15, 0.2) is 12.4 Å². The van der Waals surface area contributed by atoms with Crippen LogP contribution in [0.1, 0.15) is 18.4 Å². The highest BCUT2D eigenvalue weighted by molar-refractivity contribution is 5.72. The van der Waals surface area contributed by atoms with Crippen LogP contribution in [0.3, 0.4) is 0 Å². The third-order valence-corrected chi connectivity index (χ3v) is 3.31. The molecule has 1 aromatic heterocycles. The lowest BCUT2D eigenvalue weighted by Crippen LogP contribution is -2.48. The van der Waals surface area contributed by atoms with Crippen molar-refractivity contribution in [1.82, 2.24) is 14.7 Å². The van der Waals surface area contributed by atoms with Gasteiger partial charge in [-0.25, -0.2) is 0 Å². The average molecular weight is 223 g/mol. The Bertz CT molecular complexity index is 388. The van der Waals surface area contributed by atoms with E-state index in [1.165, 1.54) is 0 Å². The molecule has 0 bridgehead atoms. The molecule has 5 heteroatoms. The van der Waals surface area contributed by atoms with Gasteiger partial charge in [0.25, 0.3) is 0 Å². The molecule has 16 heavy (non-hydrogen) atoms. The van der Waals surface area contributed by atoms with E-state index < -0.39 is 5.97 Å². The van der Waals surface area contributed by atoms with E-state index in [0.29, 0.717) is 0 Å². The van der Waals surface area contributed by atoms with Gasteiger partial charge in [-0.05, 0) is 19.9 Å². The molecule has 0 aliphatic heterocycles. The summed E-state index contributed by atoms with van der Waals surface area (Å²) in [6, 6.07) is 0.178. The van der Waals surface area contributed by atoms with Crippen LogP contribution in [0.2, 0.25) is 0 Å². The second-order valence-electron chi connectivity index (χ2n) is 4.53. The van der Waals surface area contributed by atoms with E-state index in [0.717, 1.165) is 24.9 Å². The van der Waals surface area contributed by atoms with E-state index in [2.05, 4.69) is 10.00 Å². The van der Waals surface area contributed by atoms with Gasteiger partial charge < -0.3 is 5.11 Å². The molecule has 1 saturated carbocycles. The van der Waals surface area contributed by atoms with Crippen molar-refractivity contribution in [2.75, 3.05) is 7.05 Å². The molecule has 1 aliphatic rings. The second kappa shape index (κ2) is 4.25. The predicted molar refractivity (Wildman–Crippen MR) is 58.8 cm³/mol. The van der Waals surface area contributed by atoms with Crippen molar-refractivity contribution in [3.8, 4) is 0 Å². The summed E-state index contributed by atoms with van der Waals surface area (Å²) in [6.07, 6.45) is 5.57. The van der Waals surface area contributed by atoms with E-state index in [4.69, 9.17) is 5.11 Å². The van der Waals surface area contributed by atoms with Crippen molar-refractivity contribution < 1.29 is 9.90 Å². The minimum atomic E-state index is -0.672. The third-order valence-electron chi connectivity index (χ3n) is 3.31. The largest absolute Gasteiger partial charge is 0.481 e. The van der Waals surface area contributed by atoms with E-state index in [1.54, 1.807) is 4.68 Å². The molecule has 5 nitrogen and oxygen atoms in total. The lowest BCUT2D eigenvalue weighted by Gasteiger charge is -2.40. The molecule has 0 radical (unpaired) electrons. The Morgan fingerprint density at radius 2 is 2.44 bits per heavy atom. The standard InChI is InChI=1S/C11H17N3O2/c1-13(6-8-5-12-14(2)7-8)10-4-3-9(10)11(15)16/h5,7,9-10H,3-4,6H2,1-2H3,(H,15,16). The molecule has 2 rings (SSSR count). The third kappa shape index (κ3) is 2.09. The highest BCUT2D eigenvalue weighted by Crippen LogP contribution is 2.32. The molecule has 2 unspecified atom stereocenters. The number of rotatable bonds is 4. The molecule has 1 heterocycles. The maximum absolute atomic E-state index is 10.9. The monoisotopic (exact) mass is 223 g/mol. The minimum Gasteiger partial charge on any atom is -0.481 e. The van der Waals surface area contributed by atoms with Gasteiger partial charge in [-0.3, -0.25) is 14.4 Å². The molecule has 88 valence electrons. The Labute approximate surface area is 94.7 Å². The molecule has 0 aromatic carbocycles. The second-order valence-corrected chi connectivity index (χ2v) is 4.53. The summed E-state index contributed by atoms with van der Waals surface area (Å²) in [4.78, 5) is 13.0. The van der Waals surface area contributed by atoms with Crippen LogP contribution >= 0.6 is 0 Å². The summed E-state index contributed by atoms with van der Waals surface area (Å²) in [5.41, 5.74) is 1.13. The quantitative estimate of drug-likeness (QED) is 0.817. The van der Waals surface area contributed by atoms with Crippen molar-refractivity contribution in [3.63, 3.8) is 0 Å². The maximum Gasteiger partial charge on any atom is 0.308 e. The molecule has 0 spiro atoms. The zero-order valence-corrected chi connectivity index (χ0v) is 9.63. The number of hydrogen-bond acceptors (Lipinski definition) is 3. The summed E-state index contributed by atoms with van der Waals surface area (Å²) >= 11 is 0. The Morgan fingerprint density at radius 1 is 1.69 bits per heavy atom. The molecule has 1 fully saturated rings. The van der Waals surface area contributed by atoms with Gasteiger partial charge in [0, 0.05) is 31.4 Å². The highest BCUT2D eigenvalue weighted by atomic mass is 16.4. The fraction of sp³-hybridized carbons (Fsp3) is 0.636. The number of aliphatic carboxylic acids is 1. The van der Waals surface area contributed by atoms with Crippen molar-refractivity contribution in [1.29, 1.82) is 0 Å². The summed E-state index contributed by atoms with van der Waals surface area (Å²) in [6.45, 7) is 0.766. The van der Waals surface area contributed by atoms with Crippen molar-refractivity contribution in [2.45, 2.75) is 25.4 Å². The Kier molecular flexibility index (Phi) is 2.96. The van der Waals surface area contributed by atoms with Gasteiger partial charge in [0.1, 0.15) is 0 Å². The molecule has 1 N–H and O–H groups in total. The number of carboxylic acid groups (broad SMARTS) is 1. The SMILES string of the molecule is CN(Cc1cnn(C)c1)C1CCC1C(=O)O. The van der Waals surface area contributed by atoms with E-state index in [1.807, 2.05) is 26.5 Å². The normalized spacial score (nSPS) is 24.4. The van der Waals surface area contributed by atoms with Gasteiger partial charge in [0.05, 0.1) is 12.1 Å². The maximum atomic E-state index is 10.9. The predicted octanol–water partition coefficient (Wildman–Crippen LogP) is 0.715. The fourth-order valence-corrected chi connectivity index (χ4v) is 2.26. The minimum absolute atomic E-state index is 0.178. The van der Waals surface area contributed by atoms with Crippen molar-refractivity contribution >= 4 is 5.97 Å². The molecule has 1 aliphatic carbocycles. The first kappa shape index (κ1) is 11.1. The first-order valence-corrected chi connectivity index (χ1v) is 5.48. The summed E-state index contributed by atoms with van der Waals surface area (Å²) in [5.74, 6) is -0.865. The fourth-order valence-electron chi connectivity index (χ4n) is 2.26. The van der Waals surface area contributed by atoms with Crippen LogP contribution in [-0.4, -0.2) is 38.8 Å². The molecule has 0 amide bonds. The summed E-state index contributed by atoms with van der Waals surface area (Å²) in [7, 11) is 3.86. The van der Waals surface area contributed by atoms with Crippen LogP contribution in [0.5, 0.6) is 0 Å². The van der Waals surface area contributed by atoms with Gasteiger partial charge >= 0.3 is 5.97 Å². The van der Waals surface area contributed by atoms with E-state index in [-0.39, 0.29) is 12.0 Å². The number of aryl methyl sites for hydroxylation is 1. The number of hydrogen-bond donors (Lipinski definition) is 1. The molecular weight excluding hydrogens is 206 g/mol. The lowest BCUT2D eigenvalue weighted by molar-refractivity contribution is -0.148. The van der Waals surface area contributed by atoms with Crippen LogP contribution in [0.25, 0.3) is 0 Å². The van der Waals surface area contributed by atoms with Gasteiger partial charge in [-0.1, -0.05) is 0 Å². The highest BCUT2D eigenvalue weighted by Gasteiger charge is 2.38. The van der Waals surface area contributed by atoms with Crippen molar-refractivity contribution in [3.05, 3.63) is 18.0 Å². The van der Waals surface area contributed by atoms with Gasteiger partial charge in [0.2, 0.25) is 0 Å². The lowest BCUT2D eigenvalue weighted by atomic mass is 9.78. The number of carbonyl (C=O) groups is 1. The smallest absolute Gasteiger partial charge is 0.308 e. The first-order valence-electron chi connectivity index (χ1n) is 5.48. The Hall–Kier alpha value is -1.36. The topological polar surface area (TPSA) is 58.4 Å². The van der Waals surface area contributed by atoms with E-state index in [9.17, 15) is 4.79 Å². The summed E-state index contributed by atoms with van der Waals surface area (Å²) in [5, 5.41) is 13.1. The van der Waals surface area contributed by atoms with Crippen LogP contribution in [0, 0.1) is 5.92 Å².